The summed E-state index contributed by atoms with van der Waals surface area (Å²) in [4.78, 5) is 125. The van der Waals surface area contributed by atoms with Crippen molar-refractivity contribution < 1.29 is 43.2 Å². The molecule has 0 fully saturated rings. The third kappa shape index (κ3) is 15.6. The van der Waals surface area contributed by atoms with E-state index in [1.807, 2.05) is 22.2 Å². The molecular formula is C41H61N13O9S2. The molecule has 0 aliphatic carbocycles. The molecule has 0 saturated carbocycles. The van der Waals surface area contributed by atoms with Gasteiger partial charge in [-0.2, -0.15) is 0 Å². The molecule has 12 N–H and O–H groups in total. The number of thioether (sulfide) groups is 1. The smallest absolute Gasteiger partial charge is 0.244 e. The van der Waals surface area contributed by atoms with Gasteiger partial charge in [0.05, 0.1) is 22.1 Å². The fourth-order valence-corrected chi connectivity index (χ4v) is 8.73. The molecule has 0 unspecified atom stereocenters. The van der Waals surface area contributed by atoms with E-state index in [0.717, 1.165) is 15.1 Å². The normalized spacial score (nSPS) is 26.1. The van der Waals surface area contributed by atoms with Crippen LogP contribution in [-0.4, -0.2) is 134 Å². The molecule has 0 aromatic carbocycles. The Kier molecular flexibility index (Phi) is 19.3. The number of rotatable bonds is 6. The Morgan fingerprint density at radius 3 is 1.98 bits per heavy atom. The Hall–Kier alpha value is -6.01. The molecule has 3 aromatic rings. The maximum atomic E-state index is 14.0. The summed E-state index contributed by atoms with van der Waals surface area (Å²) in [5.41, 5.74) is 6.22. The standard InChI is InChI=1S/C41H61N13O9S2/c1-20-15-44-21(2)34(57)47-25(6)38(61)53-31(40(63)52-30(33(42)56)14-27-16-43-19-45-27)18-65-41-28-11-13-64-32(28)17-54(41)12-9-8-10-29(51-26(7)55)39(62)50-24(5)37(60)49-23(4)36(59)48-22(3)35(58)46-20/h11,13,16-17,19-25,29-31,44H,8-10,12,14-15,18H2,1-7H3,(H2,42,56)(H,43,45)(H,46,58)(H,47,57)(H,48,59)(H,49,60)(H,50,62)(H,51,55)(H,52,63)(H,53,61)/t20-,21-,22-,23-,24-,25-,29-,30-,31-/m0/s1. The molecule has 9 amide bonds. The van der Waals surface area contributed by atoms with Gasteiger partial charge in [0.1, 0.15) is 42.3 Å². The Bertz CT molecular complexity index is 2180. The van der Waals surface area contributed by atoms with E-state index in [0.29, 0.717) is 25.1 Å². The first-order valence-corrected chi connectivity index (χ1v) is 23.2. The summed E-state index contributed by atoms with van der Waals surface area (Å²) in [7, 11) is 0. The zero-order valence-electron chi connectivity index (χ0n) is 37.5. The Balaban J connectivity index is 1.59. The van der Waals surface area contributed by atoms with Gasteiger partial charge in [-0.3, -0.25) is 43.2 Å². The van der Waals surface area contributed by atoms with Crippen LogP contribution in [0.1, 0.15) is 73.4 Å². The summed E-state index contributed by atoms with van der Waals surface area (Å²) in [6.07, 6.45) is 6.15. The first-order valence-electron chi connectivity index (χ1n) is 21.3. The van der Waals surface area contributed by atoms with Crippen LogP contribution in [0.5, 0.6) is 0 Å². The molecule has 0 radical (unpaired) electrons. The number of H-pyrrole nitrogens is 1. The fourth-order valence-electron chi connectivity index (χ4n) is 6.63. The summed E-state index contributed by atoms with van der Waals surface area (Å²) >= 11 is 2.81. The minimum Gasteiger partial charge on any atom is -0.368 e. The monoisotopic (exact) mass is 943 g/mol. The largest absolute Gasteiger partial charge is 0.368 e. The lowest BCUT2D eigenvalue weighted by Crippen LogP contribution is -2.58. The first-order chi connectivity index (χ1) is 30.7. The van der Waals surface area contributed by atoms with Crippen LogP contribution in [0.3, 0.4) is 0 Å². The van der Waals surface area contributed by atoms with E-state index in [-0.39, 0.29) is 25.1 Å². The molecule has 0 spiro atoms. The summed E-state index contributed by atoms with van der Waals surface area (Å²) in [6, 6.07) is -7.04. The molecule has 0 bridgehead atoms. The maximum Gasteiger partial charge on any atom is 0.244 e. The van der Waals surface area contributed by atoms with Crippen molar-refractivity contribution >= 4 is 86.3 Å². The molecule has 1 aliphatic rings. The quantitative estimate of drug-likeness (QED) is 0.133. The van der Waals surface area contributed by atoms with E-state index >= 15 is 0 Å². The second kappa shape index (κ2) is 24.3. The Labute approximate surface area is 384 Å². The second-order valence-corrected chi connectivity index (χ2v) is 18.1. The number of carbonyl (C=O) groups excluding carboxylic acids is 9. The van der Waals surface area contributed by atoms with Gasteiger partial charge in [0.2, 0.25) is 53.2 Å². The minimum atomic E-state index is -1.22. The van der Waals surface area contributed by atoms with Crippen molar-refractivity contribution in [3.8, 4) is 0 Å². The highest BCUT2D eigenvalue weighted by molar-refractivity contribution is 7.99. The van der Waals surface area contributed by atoms with E-state index in [1.54, 1.807) is 13.8 Å². The third-order valence-corrected chi connectivity index (χ3v) is 12.6. The number of aryl methyl sites for hydroxylation is 1. The number of nitrogens with two attached hydrogens (primary N) is 1. The van der Waals surface area contributed by atoms with Gasteiger partial charge >= 0.3 is 0 Å². The predicted octanol–water partition coefficient (Wildman–Crippen LogP) is -1.59. The van der Waals surface area contributed by atoms with Crippen LogP contribution in [0.15, 0.2) is 35.2 Å². The molecule has 9 atom stereocenters. The minimum absolute atomic E-state index is 0.00190. The number of aromatic amines is 1. The van der Waals surface area contributed by atoms with Gasteiger partial charge < -0.3 is 63.1 Å². The topological polar surface area (TPSA) is 322 Å². The van der Waals surface area contributed by atoms with Crippen LogP contribution < -0.4 is 53.6 Å². The number of amides is 9. The van der Waals surface area contributed by atoms with Crippen molar-refractivity contribution in [2.45, 2.75) is 140 Å². The van der Waals surface area contributed by atoms with E-state index in [4.69, 9.17) is 5.73 Å². The van der Waals surface area contributed by atoms with Crippen LogP contribution in [-0.2, 0) is 56.1 Å². The van der Waals surface area contributed by atoms with E-state index in [1.165, 1.54) is 70.2 Å². The highest BCUT2D eigenvalue weighted by Crippen LogP contribution is 2.34. The Morgan fingerprint density at radius 1 is 0.815 bits per heavy atom. The molecule has 65 heavy (non-hydrogen) atoms. The summed E-state index contributed by atoms with van der Waals surface area (Å²) in [5, 5.41) is 27.8. The van der Waals surface area contributed by atoms with Crippen molar-refractivity contribution in [3.05, 3.63) is 35.9 Å². The van der Waals surface area contributed by atoms with E-state index in [9.17, 15) is 43.2 Å². The molecule has 356 valence electrons. The number of thiophene rings is 1. The average molecular weight is 944 g/mol. The van der Waals surface area contributed by atoms with Gasteiger partial charge in [0.15, 0.2) is 0 Å². The molecule has 4 heterocycles. The SMILES string of the molecule is CC(=O)N[C@H]1CCCCn2cc3sccc3c2SC[C@@H](C(=O)N[C@@H](Cc2cnc[nH]2)C(N)=O)NC(=O)[C@H](C)NC(=O)[C@H](C)NC[C@H](C)NC(=O)[C@H](C)NC(=O)[C@H](C)NC(=O)[C@H](C)NC1=O. The number of imidazole rings is 1. The molecule has 22 nitrogen and oxygen atoms in total. The lowest BCUT2D eigenvalue weighted by atomic mass is 10.1. The van der Waals surface area contributed by atoms with E-state index in [2.05, 4.69) is 57.8 Å². The van der Waals surface area contributed by atoms with Gasteiger partial charge in [-0.15, -0.1) is 23.1 Å². The summed E-state index contributed by atoms with van der Waals surface area (Å²) < 4.78 is 2.97. The van der Waals surface area contributed by atoms with Gasteiger partial charge in [-0.05, 0) is 72.3 Å². The number of hydrogen-bond donors (Lipinski definition) is 11. The highest BCUT2D eigenvalue weighted by atomic mass is 32.2. The zero-order chi connectivity index (χ0) is 48.0. The van der Waals surface area contributed by atoms with E-state index < -0.39 is 108 Å². The lowest BCUT2D eigenvalue weighted by molar-refractivity contribution is -0.134. The zero-order valence-corrected chi connectivity index (χ0v) is 39.1. The molecule has 1 aliphatic heterocycles. The number of nitrogens with one attached hydrogen (secondary N) is 10. The van der Waals surface area contributed by atoms with Crippen LogP contribution in [0.25, 0.3) is 10.1 Å². The van der Waals surface area contributed by atoms with Gasteiger partial charge in [-0.25, -0.2) is 4.98 Å². The summed E-state index contributed by atoms with van der Waals surface area (Å²) in [6.45, 7) is 10.9. The van der Waals surface area contributed by atoms with Crippen LogP contribution in [0.4, 0.5) is 0 Å². The molecule has 0 saturated heterocycles. The van der Waals surface area contributed by atoms with Crippen molar-refractivity contribution in [2.24, 2.45) is 5.73 Å². The molecule has 3 aromatic heterocycles. The number of fused-ring (bicyclic) bond motifs is 3. The number of hydrogen-bond acceptors (Lipinski definition) is 13. The molecular weight excluding hydrogens is 883 g/mol. The number of primary amides is 1. The third-order valence-electron chi connectivity index (χ3n) is 10.5. The predicted molar refractivity (Wildman–Crippen MR) is 243 cm³/mol. The van der Waals surface area contributed by atoms with Crippen LogP contribution in [0, 0.1) is 0 Å². The van der Waals surface area contributed by atoms with Crippen LogP contribution >= 0.6 is 23.1 Å². The van der Waals surface area contributed by atoms with Gasteiger partial charge in [0, 0.05) is 61.7 Å². The second-order valence-electron chi connectivity index (χ2n) is 16.2. The van der Waals surface area contributed by atoms with Crippen molar-refractivity contribution in [1.82, 2.24) is 62.4 Å². The lowest BCUT2D eigenvalue weighted by Gasteiger charge is -2.25. The fraction of sp³-hybridized carbons (Fsp3) is 0.561. The van der Waals surface area contributed by atoms with Gasteiger partial charge in [-0.1, -0.05) is 0 Å². The van der Waals surface area contributed by atoms with Crippen molar-refractivity contribution in [2.75, 3.05) is 12.3 Å². The number of aromatic nitrogens is 3. The van der Waals surface area contributed by atoms with Crippen LogP contribution in [0.2, 0.25) is 0 Å². The highest BCUT2D eigenvalue weighted by Gasteiger charge is 2.31. The molecule has 24 heteroatoms. The van der Waals surface area contributed by atoms with Gasteiger partial charge in [0.25, 0.3) is 0 Å². The maximum absolute atomic E-state index is 14.0. The average Bonchev–Trinajstić information content (AvgIpc) is 4.00. The Morgan fingerprint density at radius 2 is 1.40 bits per heavy atom. The summed E-state index contributed by atoms with van der Waals surface area (Å²) in [5.74, 6) is -5.60. The molecule has 4 rings (SSSR count). The van der Waals surface area contributed by atoms with Crippen molar-refractivity contribution in [3.63, 3.8) is 0 Å². The van der Waals surface area contributed by atoms with Crippen molar-refractivity contribution in [1.29, 1.82) is 0 Å². The first kappa shape index (κ1) is 51.6. The number of nitrogens with zero attached hydrogens (tertiary/aromatic N) is 2. The number of carbonyl (C=O) groups is 9.